The lowest BCUT2D eigenvalue weighted by molar-refractivity contribution is 0.228. The Kier molecular flexibility index (Phi) is 3.73. The molecule has 1 aromatic heterocycles. The van der Waals surface area contributed by atoms with Crippen LogP contribution >= 0.6 is 0 Å². The van der Waals surface area contributed by atoms with Crippen molar-refractivity contribution in [1.29, 1.82) is 0 Å². The van der Waals surface area contributed by atoms with Crippen molar-refractivity contribution >= 4 is 0 Å². The van der Waals surface area contributed by atoms with Crippen molar-refractivity contribution in [1.82, 2.24) is 9.97 Å². The van der Waals surface area contributed by atoms with Gasteiger partial charge in [-0.25, -0.2) is 0 Å². The molecular weight excluding hydrogens is 204 g/mol. The Morgan fingerprint density at radius 1 is 1.12 bits per heavy atom. The lowest BCUT2D eigenvalue weighted by Crippen LogP contribution is -2.18. The van der Waals surface area contributed by atoms with E-state index < -0.39 is 0 Å². The number of ether oxygens (including phenoxy) is 2. The molecule has 0 unspecified atom stereocenters. The molecule has 0 bridgehead atoms. The van der Waals surface area contributed by atoms with Gasteiger partial charge in [0.05, 0.1) is 19.3 Å². The molecule has 0 N–H and O–H groups in total. The van der Waals surface area contributed by atoms with Gasteiger partial charge >= 0.3 is 0 Å². The summed E-state index contributed by atoms with van der Waals surface area (Å²) >= 11 is 0. The molecule has 0 saturated heterocycles. The number of methoxy groups -OCH3 is 1. The van der Waals surface area contributed by atoms with Crippen LogP contribution in [0.2, 0.25) is 0 Å². The molecule has 0 spiro atoms. The van der Waals surface area contributed by atoms with Crippen LogP contribution in [-0.2, 0) is 5.41 Å². The summed E-state index contributed by atoms with van der Waals surface area (Å²) in [7, 11) is 1.59. The van der Waals surface area contributed by atoms with E-state index in [2.05, 4.69) is 30.7 Å². The Bertz CT molecular complexity index is 357. The minimum absolute atomic E-state index is 0.0902. The van der Waals surface area contributed by atoms with Crippen molar-refractivity contribution in [2.45, 2.75) is 46.1 Å². The number of rotatable bonds is 3. The van der Waals surface area contributed by atoms with E-state index >= 15 is 0 Å². The molecule has 0 saturated carbocycles. The fraction of sp³-hybridized carbons (Fsp3) is 0.667. The van der Waals surface area contributed by atoms with Gasteiger partial charge in [0.25, 0.3) is 0 Å². The van der Waals surface area contributed by atoms with Gasteiger partial charge in [-0.15, -0.1) is 0 Å². The second kappa shape index (κ2) is 4.68. The topological polar surface area (TPSA) is 44.2 Å². The molecule has 0 aliphatic heterocycles. The largest absolute Gasteiger partial charge is 0.481 e. The monoisotopic (exact) mass is 224 g/mol. The van der Waals surface area contributed by atoms with Gasteiger partial charge in [-0.3, -0.25) is 0 Å². The van der Waals surface area contributed by atoms with Gasteiger partial charge in [0.1, 0.15) is 5.82 Å². The molecule has 4 nitrogen and oxygen atoms in total. The van der Waals surface area contributed by atoms with Crippen molar-refractivity contribution in [2.24, 2.45) is 0 Å². The van der Waals surface area contributed by atoms with E-state index in [9.17, 15) is 0 Å². The smallest absolute Gasteiger partial charge is 0.220 e. The third-order valence-corrected chi connectivity index (χ3v) is 1.92. The summed E-state index contributed by atoms with van der Waals surface area (Å²) in [5.41, 5.74) is -0.121. The summed E-state index contributed by atoms with van der Waals surface area (Å²) in [6.45, 7) is 10.1. The van der Waals surface area contributed by atoms with Crippen LogP contribution in [0.1, 0.15) is 40.4 Å². The fourth-order valence-corrected chi connectivity index (χ4v) is 1.15. The zero-order chi connectivity index (χ0) is 12.3. The summed E-state index contributed by atoms with van der Waals surface area (Å²) in [5.74, 6) is 1.82. The van der Waals surface area contributed by atoms with Crippen LogP contribution in [0.4, 0.5) is 0 Å². The van der Waals surface area contributed by atoms with Crippen LogP contribution in [-0.4, -0.2) is 23.2 Å². The maximum absolute atomic E-state index is 5.56. The molecule has 0 atom stereocenters. The normalized spacial score (nSPS) is 11.7. The first-order valence-electron chi connectivity index (χ1n) is 5.43. The van der Waals surface area contributed by atoms with Crippen LogP contribution in [0, 0.1) is 0 Å². The third-order valence-electron chi connectivity index (χ3n) is 1.92. The van der Waals surface area contributed by atoms with E-state index in [1.807, 2.05) is 13.8 Å². The van der Waals surface area contributed by atoms with Crippen LogP contribution in [0.3, 0.4) is 0 Å². The zero-order valence-electron chi connectivity index (χ0n) is 10.9. The Morgan fingerprint density at radius 3 is 2.12 bits per heavy atom. The predicted molar refractivity (Wildman–Crippen MR) is 63.0 cm³/mol. The summed E-state index contributed by atoms with van der Waals surface area (Å²) in [4.78, 5) is 8.70. The standard InChI is InChI=1S/C12H20N2O2/c1-8(2)16-10-7-9(15-6)13-11(14-10)12(3,4)5/h7-8H,1-6H3. The minimum atomic E-state index is -0.121. The molecule has 0 aliphatic rings. The molecule has 1 rings (SSSR count). The Hall–Kier alpha value is -1.32. The maximum atomic E-state index is 5.56. The fourth-order valence-electron chi connectivity index (χ4n) is 1.15. The average molecular weight is 224 g/mol. The van der Waals surface area contributed by atoms with E-state index in [1.54, 1.807) is 13.2 Å². The zero-order valence-corrected chi connectivity index (χ0v) is 10.9. The Balaban J connectivity index is 3.11. The highest BCUT2D eigenvalue weighted by Crippen LogP contribution is 2.24. The highest BCUT2D eigenvalue weighted by Gasteiger charge is 2.20. The molecule has 90 valence electrons. The van der Waals surface area contributed by atoms with Gasteiger partial charge in [-0.2, -0.15) is 9.97 Å². The van der Waals surface area contributed by atoms with Gasteiger partial charge in [0.2, 0.25) is 11.8 Å². The molecular formula is C12H20N2O2. The SMILES string of the molecule is COc1cc(OC(C)C)nc(C(C)(C)C)n1. The van der Waals surface area contributed by atoms with Crippen LogP contribution in [0.25, 0.3) is 0 Å². The minimum Gasteiger partial charge on any atom is -0.481 e. The van der Waals surface area contributed by atoms with Crippen molar-refractivity contribution < 1.29 is 9.47 Å². The first kappa shape index (κ1) is 12.7. The second-order valence-corrected chi connectivity index (χ2v) is 4.99. The molecule has 4 heteroatoms. The number of hydrogen-bond acceptors (Lipinski definition) is 4. The lowest BCUT2D eigenvalue weighted by atomic mass is 9.96. The molecule has 16 heavy (non-hydrogen) atoms. The van der Waals surface area contributed by atoms with Crippen molar-refractivity contribution in [3.05, 3.63) is 11.9 Å². The second-order valence-electron chi connectivity index (χ2n) is 4.99. The van der Waals surface area contributed by atoms with E-state index in [0.717, 1.165) is 5.82 Å². The van der Waals surface area contributed by atoms with Gasteiger partial charge in [-0.1, -0.05) is 20.8 Å². The van der Waals surface area contributed by atoms with Gasteiger partial charge in [-0.05, 0) is 13.8 Å². The summed E-state index contributed by atoms with van der Waals surface area (Å²) < 4.78 is 10.7. The van der Waals surface area contributed by atoms with Gasteiger partial charge in [0.15, 0.2) is 0 Å². The highest BCUT2D eigenvalue weighted by molar-refractivity contribution is 5.23. The van der Waals surface area contributed by atoms with E-state index in [4.69, 9.17) is 9.47 Å². The van der Waals surface area contributed by atoms with E-state index in [1.165, 1.54) is 0 Å². The summed E-state index contributed by atoms with van der Waals surface area (Å²) in [5, 5.41) is 0. The van der Waals surface area contributed by atoms with Gasteiger partial charge in [0, 0.05) is 5.41 Å². The molecule has 0 aliphatic carbocycles. The Morgan fingerprint density at radius 2 is 1.69 bits per heavy atom. The molecule has 1 heterocycles. The molecule has 0 aromatic carbocycles. The highest BCUT2D eigenvalue weighted by atomic mass is 16.5. The number of nitrogens with zero attached hydrogens (tertiary/aromatic N) is 2. The summed E-state index contributed by atoms with van der Waals surface area (Å²) in [6, 6.07) is 1.70. The van der Waals surface area contributed by atoms with Crippen LogP contribution in [0.5, 0.6) is 11.8 Å². The van der Waals surface area contributed by atoms with Crippen LogP contribution < -0.4 is 9.47 Å². The van der Waals surface area contributed by atoms with Crippen LogP contribution in [0.15, 0.2) is 6.07 Å². The van der Waals surface area contributed by atoms with Crippen molar-refractivity contribution in [2.75, 3.05) is 7.11 Å². The quantitative estimate of drug-likeness (QED) is 0.791. The first-order valence-corrected chi connectivity index (χ1v) is 5.43. The average Bonchev–Trinajstić information content (AvgIpc) is 2.14. The number of hydrogen-bond donors (Lipinski definition) is 0. The molecule has 0 amide bonds. The molecule has 0 radical (unpaired) electrons. The third kappa shape index (κ3) is 3.36. The Labute approximate surface area is 97.0 Å². The number of aromatic nitrogens is 2. The first-order chi connectivity index (χ1) is 7.32. The van der Waals surface area contributed by atoms with E-state index in [0.29, 0.717) is 11.8 Å². The van der Waals surface area contributed by atoms with E-state index in [-0.39, 0.29) is 11.5 Å². The van der Waals surface area contributed by atoms with Crippen molar-refractivity contribution in [3.8, 4) is 11.8 Å². The van der Waals surface area contributed by atoms with Gasteiger partial charge < -0.3 is 9.47 Å². The molecule has 1 aromatic rings. The van der Waals surface area contributed by atoms with Crippen molar-refractivity contribution in [3.63, 3.8) is 0 Å². The maximum Gasteiger partial charge on any atom is 0.220 e. The summed E-state index contributed by atoms with van der Waals surface area (Å²) in [6.07, 6.45) is 0.0902. The molecule has 0 fully saturated rings. The predicted octanol–water partition coefficient (Wildman–Crippen LogP) is 2.57. The lowest BCUT2D eigenvalue weighted by Gasteiger charge is -2.18.